The number of carbonyl (C=O) groups excluding carboxylic acids is 1. The fourth-order valence-electron chi connectivity index (χ4n) is 2.79. The fourth-order valence-corrected chi connectivity index (χ4v) is 2.97. The van der Waals surface area contributed by atoms with Crippen molar-refractivity contribution in [1.29, 1.82) is 0 Å². The van der Waals surface area contributed by atoms with Crippen LogP contribution in [0.3, 0.4) is 0 Å². The molecule has 7 heteroatoms. The highest BCUT2D eigenvalue weighted by atomic mass is 35.5. The van der Waals surface area contributed by atoms with E-state index in [0.29, 0.717) is 24.8 Å². The number of urea groups is 1. The van der Waals surface area contributed by atoms with Gasteiger partial charge in [-0.15, -0.1) is 0 Å². The molecule has 128 valence electrons. The summed E-state index contributed by atoms with van der Waals surface area (Å²) in [4.78, 5) is 16.2. The van der Waals surface area contributed by atoms with E-state index in [2.05, 4.69) is 17.3 Å². The predicted octanol–water partition coefficient (Wildman–Crippen LogP) is 2.79. The van der Waals surface area contributed by atoms with Crippen molar-refractivity contribution in [3.63, 3.8) is 0 Å². The molecule has 2 N–H and O–H groups in total. The van der Waals surface area contributed by atoms with Crippen LogP contribution in [-0.2, 0) is 0 Å². The van der Waals surface area contributed by atoms with Crippen LogP contribution in [-0.4, -0.2) is 60.3 Å². The predicted molar refractivity (Wildman–Crippen MR) is 89.4 cm³/mol. The molecule has 1 heterocycles. The number of rotatable bonds is 5. The number of piperidine rings is 1. The average molecular weight is 344 g/mol. The molecule has 0 aliphatic carbocycles. The molecule has 0 saturated carbocycles. The summed E-state index contributed by atoms with van der Waals surface area (Å²) in [6.07, 6.45) is 2.57. The summed E-state index contributed by atoms with van der Waals surface area (Å²) in [7, 11) is 2.05. The minimum atomic E-state index is -0.503. The number of halogens is 2. The molecule has 0 spiro atoms. The van der Waals surface area contributed by atoms with E-state index in [4.69, 9.17) is 16.7 Å². The van der Waals surface area contributed by atoms with Crippen molar-refractivity contribution in [2.24, 2.45) is 0 Å². The Hall–Kier alpha value is -1.37. The van der Waals surface area contributed by atoms with Gasteiger partial charge in [0.05, 0.1) is 5.02 Å². The summed E-state index contributed by atoms with van der Waals surface area (Å²) in [6, 6.07) is 4.38. The van der Waals surface area contributed by atoms with Gasteiger partial charge >= 0.3 is 6.03 Å². The van der Waals surface area contributed by atoms with Crippen molar-refractivity contribution in [2.45, 2.75) is 25.3 Å². The third-order valence-corrected chi connectivity index (χ3v) is 4.50. The first-order valence-corrected chi connectivity index (χ1v) is 8.21. The molecule has 2 rings (SSSR count). The monoisotopic (exact) mass is 343 g/mol. The van der Waals surface area contributed by atoms with E-state index in [9.17, 15) is 9.18 Å². The van der Waals surface area contributed by atoms with Gasteiger partial charge in [0, 0.05) is 38.0 Å². The average Bonchev–Trinajstić information content (AvgIpc) is 2.56. The Kier molecular flexibility index (Phi) is 6.62. The van der Waals surface area contributed by atoms with Crippen molar-refractivity contribution in [3.8, 4) is 0 Å². The van der Waals surface area contributed by atoms with E-state index in [1.807, 2.05) is 0 Å². The van der Waals surface area contributed by atoms with Crippen LogP contribution in [0.5, 0.6) is 0 Å². The third-order valence-electron chi connectivity index (χ3n) is 4.21. The largest absolute Gasteiger partial charge is 0.396 e. The Morgan fingerprint density at radius 3 is 2.78 bits per heavy atom. The quantitative estimate of drug-likeness (QED) is 0.864. The summed E-state index contributed by atoms with van der Waals surface area (Å²) in [5, 5.41) is 11.6. The lowest BCUT2D eigenvalue weighted by atomic mass is 10.0. The second-order valence-electron chi connectivity index (χ2n) is 5.84. The van der Waals surface area contributed by atoms with Crippen LogP contribution in [0.25, 0.3) is 0 Å². The summed E-state index contributed by atoms with van der Waals surface area (Å²) in [5.41, 5.74) is 0.489. The molecular weight excluding hydrogens is 321 g/mol. The Balaban J connectivity index is 1.82. The van der Waals surface area contributed by atoms with Crippen molar-refractivity contribution >= 4 is 23.3 Å². The standard InChI is InChI=1S/C16H23ClFN3O2/c1-20(7-2-10-22)13-5-8-21(9-6-13)16(23)19-12-3-4-15(18)14(17)11-12/h3-4,11,13,22H,2,5-10H2,1H3,(H,19,23). The molecule has 1 aliphatic heterocycles. The number of aliphatic hydroxyl groups excluding tert-OH is 1. The van der Waals surface area contributed by atoms with E-state index in [-0.39, 0.29) is 17.7 Å². The number of nitrogens with one attached hydrogen (secondary N) is 1. The van der Waals surface area contributed by atoms with Crippen molar-refractivity contribution in [2.75, 3.05) is 38.6 Å². The number of hydrogen-bond donors (Lipinski definition) is 2. The number of anilines is 1. The van der Waals surface area contributed by atoms with Gasteiger partial charge in [-0.05, 0) is 44.5 Å². The zero-order chi connectivity index (χ0) is 16.8. The van der Waals surface area contributed by atoms with Crippen molar-refractivity contribution < 1.29 is 14.3 Å². The maximum absolute atomic E-state index is 13.1. The molecule has 0 atom stereocenters. The highest BCUT2D eigenvalue weighted by molar-refractivity contribution is 6.31. The Morgan fingerprint density at radius 1 is 1.48 bits per heavy atom. The first-order valence-electron chi connectivity index (χ1n) is 7.83. The summed E-state index contributed by atoms with van der Waals surface area (Å²) < 4.78 is 13.1. The molecule has 5 nitrogen and oxygen atoms in total. The van der Waals surface area contributed by atoms with Gasteiger partial charge in [0.1, 0.15) is 5.82 Å². The number of amides is 2. The van der Waals surface area contributed by atoms with Gasteiger partial charge in [-0.25, -0.2) is 9.18 Å². The minimum Gasteiger partial charge on any atom is -0.396 e. The first-order chi connectivity index (χ1) is 11.0. The highest BCUT2D eigenvalue weighted by Gasteiger charge is 2.25. The van der Waals surface area contributed by atoms with Gasteiger partial charge in [0.25, 0.3) is 0 Å². The van der Waals surface area contributed by atoms with Crippen LogP contribution < -0.4 is 5.32 Å². The first kappa shape index (κ1) is 18.0. The van der Waals surface area contributed by atoms with Gasteiger partial charge in [0.15, 0.2) is 0 Å². The van der Waals surface area contributed by atoms with E-state index in [1.165, 1.54) is 18.2 Å². The van der Waals surface area contributed by atoms with Crippen LogP contribution in [0.4, 0.5) is 14.9 Å². The molecule has 0 radical (unpaired) electrons. The van der Waals surface area contributed by atoms with E-state index in [1.54, 1.807) is 4.90 Å². The second-order valence-corrected chi connectivity index (χ2v) is 6.24. The lowest BCUT2D eigenvalue weighted by Crippen LogP contribution is -2.47. The van der Waals surface area contributed by atoms with Gasteiger partial charge < -0.3 is 20.2 Å². The number of likely N-dealkylation sites (tertiary alicyclic amines) is 1. The van der Waals surface area contributed by atoms with Crippen molar-refractivity contribution in [3.05, 3.63) is 29.0 Å². The van der Waals surface area contributed by atoms with Gasteiger partial charge in [0.2, 0.25) is 0 Å². The molecule has 1 aliphatic rings. The zero-order valence-corrected chi connectivity index (χ0v) is 14.0. The van der Waals surface area contributed by atoms with Crippen LogP contribution in [0, 0.1) is 5.82 Å². The molecule has 1 saturated heterocycles. The number of aliphatic hydroxyl groups is 1. The number of hydrogen-bond acceptors (Lipinski definition) is 3. The van der Waals surface area contributed by atoms with Crippen LogP contribution in [0.1, 0.15) is 19.3 Å². The summed E-state index contributed by atoms with van der Waals surface area (Å²) in [5.74, 6) is -0.503. The molecule has 0 aromatic heterocycles. The smallest absolute Gasteiger partial charge is 0.321 e. The van der Waals surface area contributed by atoms with Crippen LogP contribution in [0.15, 0.2) is 18.2 Å². The normalized spacial score (nSPS) is 16.0. The van der Waals surface area contributed by atoms with Gasteiger partial charge in [-0.2, -0.15) is 0 Å². The van der Waals surface area contributed by atoms with E-state index < -0.39 is 5.82 Å². The summed E-state index contributed by atoms with van der Waals surface area (Å²) >= 11 is 5.72. The van der Waals surface area contributed by atoms with Crippen LogP contribution >= 0.6 is 11.6 Å². The minimum absolute atomic E-state index is 0.00739. The lowest BCUT2D eigenvalue weighted by molar-refractivity contribution is 0.134. The summed E-state index contributed by atoms with van der Waals surface area (Å²) in [6.45, 7) is 2.41. The van der Waals surface area contributed by atoms with Gasteiger partial charge in [-0.1, -0.05) is 11.6 Å². The van der Waals surface area contributed by atoms with Crippen molar-refractivity contribution in [1.82, 2.24) is 9.80 Å². The molecule has 1 aromatic rings. The van der Waals surface area contributed by atoms with Gasteiger partial charge in [-0.3, -0.25) is 0 Å². The lowest BCUT2D eigenvalue weighted by Gasteiger charge is -2.36. The molecular formula is C16H23ClFN3O2. The van der Waals surface area contributed by atoms with Crippen LogP contribution in [0.2, 0.25) is 5.02 Å². The Morgan fingerprint density at radius 2 is 2.17 bits per heavy atom. The molecule has 0 unspecified atom stereocenters. The molecule has 2 amide bonds. The topological polar surface area (TPSA) is 55.8 Å². The maximum Gasteiger partial charge on any atom is 0.321 e. The number of carbonyl (C=O) groups is 1. The number of nitrogens with zero attached hydrogens (tertiary/aromatic N) is 2. The number of benzene rings is 1. The molecule has 1 aromatic carbocycles. The Labute approximate surface area is 141 Å². The molecule has 1 fully saturated rings. The maximum atomic E-state index is 13.1. The zero-order valence-electron chi connectivity index (χ0n) is 13.3. The third kappa shape index (κ3) is 5.06. The highest BCUT2D eigenvalue weighted by Crippen LogP contribution is 2.21. The fraction of sp³-hybridized carbons (Fsp3) is 0.562. The SMILES string of the molecule is CN(CCCO)C1CCN(C(=O)Nc2ccc(F)c(Cl)c2)CC1. The molecule has 0 bridgehead atoms. The molecule has 23 heavy (non-hydrogen) atoms. The van der Waals surface area contributed by atoms with E-state index >= 15 is 0 Å². The second kappa shape index (κ2) is 8.47. The Bertz CT molecular complexity index is 536. The van der Waals surface area contributed by atoms with E-state index in [0.717, 1.165) is 25.8 Å².